The first-order valence-electron chi connectivity index (χ1n) is 13.4. The Hall–Kier alpha value is -3.22. The summed E-state index contributed by atoms with van der Waals surface area (Å²) < 4.78 is 24.5. The summed E-state index contributed by atoms with van der Waals surface area (Å²) in [5.41, 5.74) is 2.48. The van der Waals surface area contributed by atoms with Crippen LogP contribution in [0.2, 0.25) is 0 Å². The van der Waals surface area contributed by atoms with Gasteiger partial charge in [0.25, 0.3) is 0 Å². The molecule has 1 unspecified atom stereocenters. The fourth-order valence-electron chi connectivity index (χ4n) is 6.87. The van der Waals surface area contributed by atoms with Gasteiger partial charge in [-0.2, -0.15) is 0 Å². The number of allylic oxidation sites excluding steroid dienone is 1. The minimum atomic E-state index is -0.280. The molecule has 7 atom stereocenters. The fraction of sp³-hybridized carbons (Fsp3) is 0.500. The Labute approximate surface area is 217 Å². The van der Waals surface area contributed by atoms with Gasteiger partial charge in [-0.15, -0.1) is 0 Å². The molecule has 0 radical (unpaired) electrons. The SMILES string of the molecule is CCOC(=O)N(C)C1CC[C@@H]2[C@@H](C1)C[C@H]1C(=O)O[C@H](C)[C@H]1[C@H]2/C=C/c1ccc(-c2cccc(F)c2)cn1. The van der Waals surface area contributed by atoms with E-state index in [1.807, 2.05) is 45.2 Å². The number of carbonyl (C=O) groups excluding carboxylic acids is 2. The number of hydrogen-bond donors (Lipinski definition) is 0. The maximum atomic E-state index is 13.6. The van der Waals surface area contributed by atoms with Gasteiger partial charge in [0.2, 0.25) is 0 Å². The second kappa shape index (κ2) is 10.6. The molecule has 2 heterocycles. The average Bonchev–Trinajstić information content (AvgIpc) is 3.19. The Morgan fingerprint density at radius 1 is 1.22 bits per heavy atom. The Kier molecular flexibility index (Phi) is 7.31. The van der Waals surface area contributed by atoms with E-state index in [2.05, 4.69) is 11.1 Å². The summed E-state index contributed by atoms with van der Waals surface area (Å²) in [6, 6.07) is 10.5. The number of fused-ring (bicyclic) bond motifs is 2. The molecule has 7 heteroatoms. The summed E-state index contributed by atoms with van der Waals surface area (Å²) in [5.74, 6) is 0.641. The van der Waals surface area contributed by atoms with Crippen molar-refractivity contribution in [3.8, 4) is 11.1 Å². The molecule has 0 spiro atoms. The fourth-order valence-corrected chi connectivity index (χ4v) is 6.87. The predicted octanol–water partition coefficient (Wildman–Crippen LogP) is 5.97. The lowest BCUT2D eigenvalue weighted by Gasteiger charge is -2.48. The zero-order chi connectivity index (χ0) is 26.1. The number of rotatable bonds is 5. The van der Waals surface area contributed by atoms with E-state index in [9.17, 15) is 14.0 Å². The quantitative estimate of drug-likeness (QED) is 0.467. The van der Waals surface area contributed by atoms with Crippen LogP contribution in [0.25, 0.3) is 17.2 Å². The second-order valence-corrected chi connectivity index (χ2v) is 10.7. The largest absolute Gasteiger partial charge is 0.462 e. The van der Waals surface area contributed by atoms with Crippen LogP contribution in [0.5, 0.6) is 0 Å². The first kappa shape index (κ1) is 25.4. The summed E-state index contributed by atoms with van der Waals surface area (Å²) in [7, 11) is 1.82. The van der Waals surface area contributed by atoms with E-state index in [1.165, 1.54) is 12.1 Å². The van der Waals surface area contributed by atoms with Crippen molar-refractivity contribution >= 4 is 18.1 Å². The molecule has 1 amide bonds. The van der Waals surface area contributed by atoms with E-state index in [0.717, 1.165) is 42.5 Å². The minimum Gasteiger partial charge on any atom is -0.462 e. The number of benzene rings is 1. The van der Waals surface area contributed by atoms with Crippen molar-refractivity contribution < 1.29 is 23.5 Å². The van der Waals surface area contributed by atoms with Gasteiger partial charge in [-0.1, -0.05) is 24.3 Å². The number of nitrogens with zero attached hydrogens (tertiary/aromatic N) is 2. The van der Waals surface area contributed by atoms with E-state index in [0.29, 0.717) is 18.4 Å². The number of carbonyl (C=O) groups is 2. The summed E-state index contributed by atoms with van der Waals surface area (Å²) >= 11 is 0. The highest BCUT2D eigenvalue weighted by molar-refractivity contribution is 5.75. The van der Waals surface area contributed by atoms with Gasteiger partial charge >= 0.3 is 12.1 Å². The highest BCUT2D eigenvalue weighted by atomic mass is 19.1. The lowest BCUT2D eigenvalue weighted by molar-refractivity contribution is -0.144. The van der Waals surface area contributed by atoms with Gasteiger partial charge in [0, 0.05) is 30.8 Å². The van der Waals surface area contributed by atoms with Crippen molar-refractivity contribution in [1.29, 1.82) is 0 Å². The third-order valence-electron chi connectivity index (χ3n) is 8.66. The molecule has 2 aliphatic carbocycles. The van der Waals surface area contributed by atoms with E-state index >= 15 is 0 Å². The number of aromatic nitrogens is 1. The molecule has 3 fully saturated rings. The van der Waals surface area contributed by atoms with E-state index in [4.69, 9.17) is 9.47 Å². The zero-order valence-electron chi connectivity index (χ0n) is 21.7. The number of ether oxygens (including phenoxy) is 2. The van der Waals surface area contributed by atoms with Gasteiger partial charge in [-0.3, -0.25) is 9.78 Å². The number of pyridine rings is 1. The Balaban J connectivity index is 1.35. The van der Waals surface area contributed by atoms with Gasteiger partial charge < -0.3 is 14.4 Å². The van der Waals surface area contributed by atoms with Gasteiger partial charge in [-0.25, -0.2) is 9.18 Å². The van der Waals surface area contributed by atoms with Gasteiger partial charge in [0.1, 0.15) is 11.9 Å². The molecule has 1 aliphatic heterocycles. The number of hydrogen-bond acceptors (Lipinski definition) is 5. The second-order valence-electron chi connectivity index (χ2n) is 10.7. The molecular formula is C30H35FN2O4. The molecule has 3 aliphatic rings. The number of halogens is 1. The molecule has 2 aromatic rings. The van der Waals surface area contributed by atoms with Crippen molar-refractivity contribution in [2.45, 2.75) is 51.7 Å². The summed E-state index contributed by atoms with van der Waals surface area (Å²) in [4.78, 5) is 31.4. The highest BCUT2D eigenvalue weighted by Gasteiger charge is 2.54. The molecule has 2 saturated carbocycles. The lowest BCUT2D eigenvalue weighted by atomic mass is 9.56. The average molecular weight is 507 g/mol. The molecule has 1 aromatic carbocycles. The van der Waals surface area contributed by atoms with Gasteiger partial charge in [0.15, 0.2) is 0 Å². The highest BCUT2D eigenvalue weighted by Crippen LogP contribution is 2.54. The van der Waals surface area contributed by atoms with Crippen LogP contribution in [-0.4, -0.2) is 47.7 Å². The number of cyclic esters (lactones) is 1. The van der Waals surface area contributed by atoms with Crippen molar-refractivity contribution in [1.82, 2.24) is 9.88 Å². The summed E-state index contributed by atoms with van der Waals surface area (Å²) in [5, 5.41) is 0. The standard InChI is InChI=1S/C30H35FN2O4/c1-4-36-30(35)33(3)24-11-13-25-21(15-24)16-27-28(18(2)37-29(27)34)26(25)12-10-23-9-8-20(17-32-23)19-6-5-7-22(31)14-19/h5-10,12,14,17-18,21,24-28H,4,11,13,15-16H2,1-3H3/b12-10+/t18-,21+,24?,25-,26+,27-,28+/m1/s1. The van der Waals surface area contributed by atoms with Crippen molar-refractivity contribution in [3.05, 3.63) is 60.2 Å². The first-order chi connectivity index (χ1) is 17.9. The van der Waals surface area contributed by atoms with Crippen LogP contribution < -0.4 is 0 Å². The maximum Gasteiger partial charge on any atom is 0.409 e. The Morgan fingerprint density at radius 3 is 2.78 bits per heavy atom. The van der Waals surface area contributed by atoms with E-state index in [1.54, 1.807) is 17.2 Å². The smallest absolute Gasteiger partial charge is 0.409 e. The van der Waals surface area contributed by atoms with Crippen molar-refractivity contribution in [3.63, 3.8) is 0 Å². The van der Waals surface area contributed by atoms with Gasteiger partial charge in [0.05, 0.1) is 18.2 Å². The van der Waals surface area contributed by atoms with Crippen molar-refractivity contribution in [2.24, 2.45) is 29.6 Å². The molecule has 1 aromatic heterocycles. The summed E-state index contributed by atoms with van der Waals surface area (Å²) in [6.45, 7) is 4.19. The van der Waals surface area contributed by atoms with Crippen LogP contribution in [0.15, 0.2) is 48.7 Å². The van der Waals surface area contributed by atoms with E-state index in [-0.39, 0.29) is 47.8 Å². The third-order valence-corrected chi connectivity index (χ3v) is 8.66. The molecular weight excluding hydrogens is 471 g/mol. The van der Waals surface area contributed by atoms with Crippen LogP contribution in [0.3, 0.4) is 0 Å². The molecule has 1 saturated heterocycles. The molecule has 0 bridgehead atoms. The molecule has 37 heavy (non-hydrogen) atoms. The topological polar surface area (TPSA) is 68.7 Å². The minimum absolute atomic E-state index is 0.0900. The Morgan fingerprint density at radius 2 is 2.05 bits per heavy atom. The van der Waals surface area contributed by atoms with Crippen LogP contribution in [0, 0.1) is 35.4 Å². The third kappa shape index (κ3) is 5.13. The number of amides is 1. The first-order valence-corrected chi connectivity index (χ1v) is 13.4. The van der Waals surface area contributed by atoms with Crippen LogP contribution in [0.4, 0.5) is 9.18 Å². The molecule has 196 valence electrons. The lowest BCUT2D eigenvalue weighted by Crippen LogP contribution is -2.48. The summed E-state index contributed by atoms with van der Waals surface area (Å²) in [6.07, 6.45) is 9.24. The van der Waals surface area contributed by atoms with Crippen LogP contribution >= 0.6 is 0 Å². The predicted molar refractivity (Wildman–Crippen MR) is 139 cm³/mol. The molecule has 5 rings (SSSR count). The Bertz CT molecular complexity index is 1170. The zero-order valence-corrected chi connectivity index (χ0v) is 21.7. The molecule has 0 N–H and O–H groups in total. The number of esters is 1. The van der Waals surface area contributed by atoms with Crippen molar-refractivity contribution in [2.75, 3.05) is 13.7 Å². The normalized spacial score (nSPS) is 30.9. The maximum absolute atomic E-state index is 13.6. The van der Waals surface area contributed by atoms with Crippen LogP contribution in [0.1, 0.15) is 45.2 Å². The van der Waals surface area contributed by atoms with E-state index < -0.39 is 0 Å². The monoisotopic (exact) mass is 506 g/mol. The van der Waals surface area contributed by atoms with Crippen LogP contribution in [-0.2, 0) is 14.3 Å². The molecule has 6 nitrogen and oxygen atoms in total. The van der Waals surface area contributed by atoms with Gasteiger partial charge in [-0.05, 0) is 87.1 Å².